The van der Waals surface area contributed by atoms with Gasteiger partial charge in [0.25, 0.3) is 23.3 Å². The van der Waals surface area contributed by atoms with Crippen molar-refractivity contribution in [2.45, 2.75) is 0 Å². The Morgan fingerprint density at radius 1 is 0.974 bits per heavy atom. The Balaban J connectivity index is 1.83. The lowest BCUT2D eigenvalue weighted by Crippen LogP contribution is -2.55. The van der Waals surface area contributed by atoms with Gasteiger partial charge in [0, 0.05) is 19.5 Å². The predicted molar refractivity (Wildman–Crippen MR) is 160 cm³/mol. The number of amides is 3. The maximum Gasteiger partial charge on any atom is 0.281 e. The zero-order valence-corrected chi connectivity index (χ0v) is 24.6. The minimum atomic E-state index is -0.662. The molecule has 1 aliphatic heterocycles. The molecular weight excluding hydrogens is 672 g/mol. The van der Waals surface area contributed by atoms with Gasteiger partial charge in [-0.25, -0.2) is 4.98 Å². The van der Waals surface area contributed by atoms with Crippen molar-refractivity contribution in [2.24, 2.45) is 0 Å². The molecule has 1 aromatic heterocycles. The largest absolute Gasteiger partial charge is 0.319 e. The second kappa shape index (κ2) is 11.5. The molecule has 0 bridgehead atoms. The van der Waals surface area contributed by atoms with Crippen LogP contribution in [0.2, 0.25) is 5.02 Å². The molecule has 0 radical (unpaired) electrons. The first-order chi connectivity index (χ1) is 18.7. The van der Waals surface area contributed by atoms with Gasteiger partial charge in [-0.3, -0.25) is 19.2 Å². The van der Waals surface area contributed by atoms with Gasteiger partial charge in [0.15, 0.2) is 5.82 Å². The Kier molecular flexibility index (Phi) is 8.03. The molecule has 8 nitrogen and oxygen atoms in total. The van der Waals surface area contributed by atoms with Crippen molar-refractivity contribution in [3.63, 3.8) is 0 Å². The highest BCUT2D eigenvalue weighted by atomic mass is 79.9. The second-order valence-electron chi connectivity index (χ2n) is 8.33. The molecule has 0 saturated carbocycles. The van der Waals surface area contributed by atoms with Gasteiger partial charge in [-0.05, 0) is 57.9 Å². The fourth-order valence-electron chi connectivity index (χ4n) is 3.96. The molecule has 0 aliphatic carbocycles. The number of nitrogens with zero attached hydrogens (tertiary/aromatic N) is 3. The number of nitrogens with one attached hydrogen (secondary N) is 1. The molecule has 39 heavy (non-hydrogen) atoms. The predicted octanol–water partition coefficient (Wildman–Crippen LogP) is 5.24. The molecule has 196 valence electrons. The monoisotopic (exact) mass is 686 g/mol. The normalized spacial score (nSPS) is 14.1. The van der Waals surface area contributed by atoms with E-state index in [-0.39, 0.29) is 33.9 Å². The van der Waals surface area contributed by atoms with E-state index in [1.165, 1.54) is 0 Å². The number of rotatable bonds is 5. The minimum absolute atomic E-state index is 0.00221. The Bertz CT molecular complexity index is 1730. The first-order valence-corrected chi connectivity index (χ1v) is 14.5. The third-order valence-corrected chi connectivity index (χ3v) is 8.03. The average molecular weight is 689 g/mol. The Morgan fingerprint density at radius 3 is 2.33 bits per heavy atom. The standard InChI is InChI=1S/C27H17Br2ClN4O4S/c28-17-11-18-24(19(29)12-17)32-25(34(27(18)38)33-22(35)13-39-14-23(33)36)21(10-16-8-4-5-9-20(16)30)31-26(37)15-6-2-1-3-7-15/h1-12H,13-14H2,(H,31,37). The lowest BCUT2D eigenvalue weighted by Gasteiger charge is -2.28. The van der Waals surface area contributed by atoms with Crippen molar-refractivity contribution in [3.05, 3.63) is 108 Å². The summed E-state index contributed by atoms with van der Waals surface area (Å²) in [6.07, 6.45) is 1.55. The molecule has 1 fully saturated rings. The number of thioether (sulfide) groups is 1. The van der Waals surface area contributed by atoms with Gasteiger partial charge in [0.2, 0.25) is 0 Å². The molecule has 1 N–H and O–H groups in total. The molecule has 3 aromatic carbocycles. The summed E-state index contributed by atoms with van der Waals surface area (Å²) >= 11 is 14.4. The molecule has 0 spiro atoms. The second-order valence-corrected chi connectivity index (χ2v) is 11.5. The number of halogens is 3. The summed E-state index contributed by atoms with van der Waals surface area (Å²) in [5, 5.41) is 4.15. The van der Waals surface area contributed by atoms with E-state index in [9.17, 15) is 19.2 Å². The van der Waals surface area contributed by atoms with Crippen LogP contribution in [0.4, 0.5) is 0 Å². The molecule has 5 rings (SSSR count). The number of imide groups is 1. The van der Waals surface area contributed by atoms with Crippen LogP contribution >= 0.6 is 55.2 Å². The Morgan fingerprint density at radius 2 is 1.64 bits per heavy atom. The van der Waals surface area contributed by atoms with E-state index in [0.29, 0.717) is 25.1 Å². The van der Waals surface area contributed by atoms with Crippen LogP contribution < -0.4 is 15.9 Å². The molecular formula is C27H17Br2ClN4O4S. The maximum atomic E-state index is 14.0. The van der Waals surface area contributed by atoms with Crippen molar-refractivity contribution in [3.8, 4) is 0 Å². The SMILES string of the molecule is O=C(NC(=Cc1ccccc1Cl)c1nc2c(Br)cc(Br)cc2c(=O)n1N1C(=O)CSCC1=O)c1ccccc1. The first kappa shape index (κ1) is 27.3. The van der Waals surface area contributed by atoms with Crippen LogP contribution in [0, 0.1) is 0 Å². The van der Waals surface area contributed by atoms with Crippen LogP contribution in [0.1, 0.15) is 21.7 Å². The molecule has 0 unspecified atom stereocenters. The lowest BCUT2D eigenvalue weighted by atomic mass is 10.1. The van der Waals surface area contributed by atoms with E-state index in [1.54, 1.807) is 72.8 Å². The summed E-state index contributed by atoms with van der Waals surface area (Å²) in [5.74, 6) is -1.78. The zero-order valence-electron chi connectivity index (χ0n) is 19.9. The van der Waals surface area contributed by atoms with Gasteiger partial charge in [-0.2, -0.15) is 9.69 Å². The van der Waals surface area contributed by atoms with Gasteiger partial charge in [-0.15, -0.1) is 11.8 Å². The highest BCUT2D eigenvalue weighted by Gasteiger charge is 2.33. The van der Waals surface area contributed by atoms with E-state index < -0.39 is 23.3 Å². The van der Waals surface area contributed by atoms with Crippen molar-refractivity contribution in [1.82, 2.24) is 15.0 Å². The number of carbonyl (C=O) groups excluding carboxylic acids is 3. The Labute approximate surface area is 248 Å². The molecule has 4 aromatic rings. The summed E-state index contributed by atoms with van der Waals surface area (Å²) in [5.41, 5.74) is 0.544. The maximum absolute atomic E-state index is 14.0. The fraction of sp³-hybridized carbons (Fsp3) is 0.0741. The van der Waals surface area contributed by atoms with E-state index >= 15 is 0 Å². The van der Waals surface area contributed by atoms with Crippen molar-refractivity contribution in [1.29, 1.82) is 0 Å². The van der Waals surface area contributed by atoms with Gasteiger partial charge in [0.05, 0.1) is 28.1 Å². The number of aromatic nitrogens is 2. The van der Waals surface area contributed by atoms with Crippen LogP contribution in [0.15, 0.2) is 80.5 Å². The van der Waals surface area contributed by atoms with Crippen molar-refractivity contribution in [2.75, 3.05) is 16.5 Å². The number of carbonyl (C=O) groups is 3. The van der Waals surface area contributed by atoms with Crippen LogP contribution in [0.3, 0.4) is 0 Å². The smallest absolute Gasteiger partial charge is 0.281 e. The molecule has 0 atom stereocenters. The quantitative estimate of drug-likeness (QED) is 0.288. The number of hydrogen-bond acceptors (Lipinski definition) is 6. The summed E-state index contributed by atoms with van der Waals surface area (Å²) in [6, 6.07) is 18.7. The molecule has 1 saturated heterocycles. The average Bonchev–Trinajstić information content (AvgIpc) is 2.91. The van der Waals surface area contributed by atoms with E-state index in [0.717, 1.165) is 21.4 Å². The van der Waals surface area contributed by atoms with Crippen molar-refractivity contribution < 1.29 is 14.4 Å². The van der Waals surface area contributed by atoms with Gasteiger partial charge >= 0.3 is 0 Å². The lowest BCUT2D eigenvalue weighted by molar-refractivity contribution is -0.126. The van der Waals surface area contributed by atoms with E-state index in [4.69, 9.17) is 16.6 Å². The fourth-order valence-corrected chi connectivity index (χ4v) is 6.16. The number of fused-ring (bicyclic) bond motifs is 1. The Hall–Kier alpha value is -3.25. The highest BCUT2D eigenvalue weighted by Crippen LogP contribution is 2.28. The number of hydrogen-bond donors (Lipinski definition) is 1. The minimum Gasteiger partial charge on any atom is -0.319 e. The third kappa shape index (κ3) is 5.58. The topological polar surface area (TPSA) is 101 Å². The summed E-state index contributed by atoms with van der Waals surface area (Å²) in [7, 11) is 0. The van der Waals surface area contributed by atoms with Crippen LogP contribution in [0.5, 0.6) is 0 Å². The van der Waals surface area contributed by atoms with Gasteiger partial charge in [-0.1, -0.05) is 63.9 Å². The molecule has 1 aliphatic rings. The van der Waals surface area contributed by atoms with E-state index in [1.807, 2.05) is 0 Å². The van der Waals surface area contributed by atoms with Crippen LogP contribution in [-0.2, 0) is 9.59 Å². The van der Waals surface area contributed by atoms with Gasteiger partial charge < -0.3 is 5.32 Å². The first-order valence-electron chi connectivity index (χ1n) is 11.4. The van der Waals surface area contributed by atoms with Crippen LogP contribution in [-0.4, -0.2) is 38.9 Å². The summed E-state index contributed by atoms with van der Waals surface area (Å²) in [6.45, 7) is 0. The van der Waals surface area contributed by atoms with Gasteiger partial charge in [0.1, 0.15) is 0 Å². The van der Waals surface area contributed by atoms with E-state index in [2.05, 4.69) is 37.2 Å². The molecule has 2 heterocycles. The molecule has 3 amide bonds. The van der Waals surface area contributed by atoms with Crippen LogP contribution in [0.25, 0.3) is 22.7 Å². The summed E-state index contributed by atoms with van der Waals surface area (Å²) < 4.78 is 2.02. The zero-order chi connectivity index (χ0) is 27.7. The highest BCUT2D eigenvalue weighted by molar-refractivity contribution is 9.11. The number of benzene rings is 3. The molecule has 12 heteroatoms. The summed E-state index contributed by atoms with van der Waals surface area (Å²) in [4.78, 5) is 58.0. The third-order valence-electron chi connectivity index (χ3n) is 5.72. The van der Waals surface area contributed by atoms with Crippen molar-refractivity contribution >= 4 is 95.6 Å².